The first kappa shape index (κ1) is 12.8. The van der Waals surface area contributed by atoms with Gasteiger partial charge in [0.25, 0.3) is 0 Å². The minimum absolute atomic E-state index is 0.0100. The predicted molar refractivity (Wildman–Crippen MR) is 63.7 cm³/mol. The summed E-state index contributed by atoms with van der Waals surface area (Å²) in [4.78, 5) is 16.1. The van der Waals surface area contributed by atoms with Gasteiger partial charge in [-0.05, 0) is 20.3 Å². The zero-order chi connectivity index (χ0) is 12.4. The number of morpholine rings is 1. The van der Waals surface area contributed by atoms with Crippen molar-refractivity contribution in [3.05, 3.63) is 0 Å². The fourth-order valence-corrected chi connectivity index (χ4v) is 2.75. The van der Waals surface area contributed by atoms with Crippen molar-refractivity contribution in [3.8, 4) is 0 Å². The Morgan fingerprint density at radius 2 is 2.29 bits per heavy atom. The number of hydrogen-bond donors (Lipinski definition) is 1. The third kappa shape index (κ3) is 2.61. The summed E-state index contributed by atoms with van der Waals surface area (Å²) < 4.78 is 5.18. The van der Waals surface area contributed by atoms with E-state index in [1.54, 1.807) is 0 Å². The second-order valence-electron chi connectivity index (χ2n) is 5.18. The predicted octanol–water partition coefficient (Wildman–Crippen LogP) is -0.311. The molecule has 98 valence electrons. The van der Waals surface area contributed by atoms with Crippen LogP contribution in [0.5, 0.6) is 0 Å². The van der Waals surface area contributed by atoms with Crippen LogP contribution in [-0.2, 0) is 9.53 Å². The van der Waals surface area contributed by atoms with E-state index in [0.717, 1.165) is 19.5 Å². The molecule has 0 aromatic heterocycles. The number of rotatable bonds is 3. The lowest BCUT2D eigenvalue weighted by Crippen LogP contribution is -2.56. The van der Waals surface area contributed by atoms with Gasteiger partial charge < -0.3 is 14.7 Å². The van der Waals surface area contributed by atoms with E-state index in [4.69, 9.17) is 4.74 Å². The van der Waals surface area contributed by atoms with Gasteiger partial charge in [0, 0.05) is 25.2 Å². The number of hydrogen-bond acceptors (Lipinski definition) is 4. The van der Waals surface area contributed by atoms with Gasteiger partial charge in [0.15, 0.2) is 0 Å². The Bertz CT molecular complexity index is 283. The molecular formula is C12H22N2O3. The normalized spacial score (nSPS) is 31.5. The molecule has 5 heteroatoms. The van der Waals surface area contributed by atoms with Crippen molar-refractivity contribution >= 4 is 5.91 Å². The summed E-state index contributed by atoms with van der Waals surface area (Å²) in [6.45, 7) is 6.91. The standard InChI is InChI=1S/C12H22N2O3/c1-9(2)13-4-3-10(5-13)14-11(6-15)7-17-8-12(14)16/h9-11,15H,3-8H2,1-2H3. The minimum Gasteiger partial charge on any atom is -0.394 e. The first-order chi connectivity index (χ1) is 8.13. The molecule has 1 amide bonds. The quantitative estimate of drug-likeness (QED) is 0.737. The summed E-state index contributed by atoms with van der Waals surface area (Å²) in [5.41, 5.74) is 0. The Morgan fingerprint density at radius 1 is 1.53 bits per heavy atom. The molecule has 2 fully saturated rings. The van der Waals surface area contributed by atoms with Crippen molar-refractivity contribution in [2.24, 2.45) is 0 Å². The third-order valence-corrected chi connectivity index (χ3v) is 3.75. The Hall–Kier alpha value is -0.650. The summed E-state index contributed by atoms with van der Waals surface area (Å²) in [6.07, 6.45) is 1.00. The van der Waals surface area contributed by atoms with Crippen molar-refractivity contribution in [1.82, 2.24) is 9.80 Å². The van der Waals surface area contributed by atoms with Crippen LogP contribution in [0.4, 0.5) is 0 Å². The van der Waals surface area contributed by atoms with E-state index >= 15 is 0 Å². The summed E-state index contributed by atoms with van der Waals surface area (Å²) in [6, 6.07) is 0.600. The number of nitrogens with zero attached hydrogens (tertiary/aromatic N) is 2. The Labute approximate surface area is 102 Å². The van der Waals surface area contributed by atoms with Crippen LogP contribution in [-0.4, -0.2) is 71.8 Å². The summed E-state index contributed by atoms with van der Waals surface area (Å²) in [7, 11) is 0. The molecule has 0 aromatic carbocycles. The molecule has 0 aromatic rings. The van der Waals surface area contributed by atoms with Gasteiger partial charge in [-0.2, -0.15) is 0 Å². The fourth-order valence-electron chi connectivity index (χ4n) is 2.75. The molecule has 2 atom stereocenters. The number of amides is 1. The highest BCUT2D eigenvalue weighted by Gasteiger charge is 2.37. The van der Waals surface area contributed by atoms with E-state index in [-0.39, 0.29) is 31.2 Å². The average Bonchev–Trinajstić information content (AvgIpc) is 2.77. The lowest BCUT2D eigenvalue weighted by Gasteiger charge is -2.38. The number of aliphatic hydroxyl groups is 1. The van der Waals surface area contributed by atoms with Crippen molar-refractivity contribution in [3.63, 3.8) is 0 Å². The molecule has 2 unspecified atom stereocenters. The second kappa shape index (κ2) is 5.33. The zero-order valence-electron chi connectivity index (χ0n) is 10.6. The lowest BCUT2D eigenvalue weighted by atomic mass is 10.1. The maximum Gasteiger partial charge on any atom is 0.249 e. The molecule has 2 heterocycles. The van der Waals surface area contributed by atoms with Crippen LogP contribution in [0, 0.1) is 0 Å². The first-order valence-corrected chi connectivity index (χ1v) is 6.37. The summed E-state index contributed by atoms with van der Waals surface area (Å²) in [5.74, 6) is 0.0194. The molecule has 17 heavy (non-hydrogen) atoms. The largest absolute Gasteiger partial charge is 0.394 e. The molecule has 2 saturated heterocycles. The Morgan fingerprint density at radius 3 is 2.88 bits per heavy atom. The molecule has 1 N–H and O–H groups in total. The van der Waals surface area contributed by atoms with Gasteiger partial charge in [0.05, 0.1) is 19.3 Å². The minimum atomic E-state index is -0.159. The highest BCUT2D eigenvalue weighted by Crippen LogP contribution is 2.22. The van der Waals surface area contributed by atoms with E-state index in [1.165, 1.54) is 0 Å². The van der Waals surface area contributed by atoms with Crippen LogP contribution in [0.15, 0.2) is 0 Å². The van der Waals surface area contributed by atoms with Crippen LogP contribution in [0.25, 0.3) is 0 Å². The summed E-state index contributed by atoms with van der Waals surface area (Å²) in [5, 5.41) is 9.33. The molecule has 0 saturated carbocycles. The maximum atomic E-state index is 11.9. The SMILES string of the molecule is CC(C)N1CCC(N2C(=O)COCC2CO)C1. The number of carbonyl (C=O) groups excluding carboxylic acids is 1. The van der Waals surface area contributed by atoms with Gasteiger partial charge in [0.1, 0.15) is 6.61 Å². The monoisotopic (exact) mass is 242 g/mol. The zero-order valence-corrected chi connectivity index (χ0v) is 10.6. The number of carbonyl (C=O) groups is 1. The maximum absolute atomic E-state index is 11.9. The summed E-state index contributed by atoms with van der Waals surface area (Å²) >= 11 is 0. The fraction of sp³-hybridized carbons (Fsp3) is 0.917. The molecule has 2 rings (SSSR count). The van der Waals surface area contributed by atoms with Crippen molar-refractivity contribution in [1.29, 1.82) is 0 Å². The number of aliphatic hydroxyl groups excluding tert-OH is 1. The number of ether oxygens (including phenoxy) is 1. The topological polar surface area (TPSA) is 53.0 Å². The van der Waals surface area contributed by atoms with Crippen LogP contribution < -0.4 is 0 Å². The molecular weight excluding hydrogens is 220 g/mol. The third-order valence-electron chi connectivity index (χ3n) is 3.75. The van der Waals surface area contributed by atoms with Gasteiger partial charge in [-0.3, -0.25) is 9.69 Å². The Kier molecular flexibility index (Phi) is 4.01. The van der Waals surface area contributed by atoms with E-state index in [0.29, 0.717) is 12.6 Å². The molecule has 0 spiro atoms. The lowest BCUT2D eigenvalue weighted by molar-refractivity contribution is -0.153. The highest BCUT2D eigenvalue weighted by molar-refractivity contribution is 5.78. The van der Waals surface area contributed by atoms with Gasteiger partial charge in [0.2, 0.25) is 5.91 Å². The van der Waals surface area contributed by atoms with Crippen LogP contribution in [0.2, 0.25) is 0 Å². The van der Waals surface area contributed by atoms with Gasteiger partial charge in [-0.1, -0.05) is 0 Å². The smallest absolute Gasteiger partial charge is 0.249 e. The molecule has 2 aliphatic rings. The highest BCUT2D eigenvalue weighted by atomic mass is 16.5. The van der Waals surface area contributed by atoms with Crippen LogP contribution in [0.1, 0.15) is 20.3 Å². The van der Waals surface area contributed by atoms with Crippen LogP contribution in [0.3, 0.4) is 0 Å². The second-order valence-corrected chi connectivity index (χ2v) is 5.18. The molecule has 0 bridgehead atoms. The van der Waals surface area contributed by atoms with Crippen molar-refractivity contribution in [2.45, 2.75) is 38.4 Å². The van der Waals surface area contributed by atoms with Gasteiger partial charge >= 0.3 is 0 Å². The average molecular weight is 242 g/mol. The van der Waals surface area contributed by atoms with E-state index in [1.807, 2.05) is 4.90 Å². The van der Waals surface area contributed by atoms with Crippen molar-refractivity contribution in [2.75, 3.05) is 32.9 Å². The van der Waals surface area contributed by atoms with E-state index in [9.17, 15) is 9.90 Å². The van der Waals surface area contributed by atoms with Gasteiger partial charge in [-0.25, -0.2) is 0 Å². The molecule has 5 nitrogen and oxygen atoms in total. The first-order valence-electron chi connectivity index (χ1n) is 6.37. The molecule has 2 aliphatic heterocycles. The van der Waals surface area contributed by atoms with E-state index in [2.05, 4.69) is 18.7 Å². The Balaban J connectivity index is 2.02. The molecule has 0 radical (unpaired) electrons. The number of likely N-dealkylation sites (tertiary alicyclic amines) is 1. The van der Waals surface area contributed by atoms with Gasteiger partial charge in [-0.15, -0.1) is 0 Å². The van der Waals surface area contributed by atoms with Crippen LogP contribution >= 0.6 is 0 Å². The van der Waals surface area contributed by atoms with Crippen molar-refractivity contribution < 1.29 is 14.6 Å². The molecule has 0 aliphatic carbocycles. The van der Waals surface area contributed by atoms with E-state index < -0.39 is 0 Å².